The van der Waals surface area contributed by atoms with Crippen molar-refractivity contribution in [3.05, 3.63) is 30.1 Å². The van der Waals surface area contributed by atoms with Crippen molar-refractivity contribution in [3.63, 3.8) is 0 Å². The third-order valence-electron chi connectivity index (χ3n) is 3.77. The van der Waals surface area contributed by atoms with Crippen molar-refractivity contribution in [2.45, 2.75) is 19.3 Å². The predicted octanol–water partition coefficient (Wildman–Crippen LogP) is 1.58. The van der Waals surface area contributed by atoms with Crippen molar-refractivity contribution in [2.24, 2.45) is 5.41 Å². The van der Waals surface area contributed by atoms with Gasteiger partial charge >= 0.3 is 6.03 Å². The van der Waals surface area contributed by atoms with Gasteiger partial charge < -0.3 is 0 Å². The number of carbonyl (C=O) groups is 3. The summed E-state index contributed by atoms with van der Waals surface area (Å²) >= 11 is 0. The van der Waals surface area contributed by atoms with E-state index in [0.29, 0.717) is 12.8 Å². The van der Waals surface area contributed by atoms with Crippen LogP contribution < -0.4 is 10.2 Å². The van der Waals surface area contributed by atoms with Crippen LogP contribution in [0.4, 0.5) is 14.9 Å². The first-order valence-electron chi connectivity index (χ1n) is 6.01. The molecule has 1 heterocycles. The Morgan fingerprint density at radius 3 is 2.42 bits per heavy atom. The predicted molar refractivity (Wildman–Crippen MR) is 63.7 cm³/mol. The molecule has 1 saturated carbocycles. The number of amides is 4. The average molecular weight is 262 g/mol. The monoisotopic (exact) mass is 262 g/mol. The largest absolute Gasteiger partial charge is 0.335 e. The molecule has 0 bridgehead atoms. The lowest BCUT2D eigenvalue weighted by Gasteiger charge is -2.44. The fourth-order valence-corrected chi connectivity index (χ4v) is 2.50. The molecule has 5 nitrogen and oxygen atoms in total. The number of nitrogens with zero attached hydrogens (tertiary/aromatic N) is 1. The van der Waals surface area contributed by atoms with Crippen LogP contribution in [-0.4, -0.2) is 17.8 Å². The zero-order chi connectivity index (χ0) is 13.6. The van der Waals surface area contributed by atoms with Gasteiger partial charge in [0.1, 0.15) is 11.2 Å². The Morgan fingerprint density at radius 2 is 1.84 bits per heavy atom. The number of carbonyl (C=O) groups excluding carboxylic acids is 3. The summed E-state index contributed by atoms with van der Waals surface area (Å²) < 4.78 is 13.7. The topological polar surface area (TPSA) is 66.5 Å². The number of urea groups is 1. The molecule has 3 rings (SSSR count). The van der Waals surface area contributed by atoms with Gasteiger partial charge in [-0.15, -0.1) is 0 Å². The number of anilines is 1. The number of barbiturate groups is 1. The lowest BCUT2D eigenvalue weighted by Crippen LogP contribution is -2.66. The van der Waals surface area contributed by atoms with Gasteiger partial charge in [-0.3, -0.25) is 14.9 Å². The normalized spacial score (nSPS) is 21.3. The molecule has 2 fully saturated rings. The van der Waals surface area contributed by atoms with Crippen LogP contribution in [0.2, 0.25) is 0 Å². The van der Waals surface area contributed by atoms with Crippen LogP contribution in [0.3, 0.4) is 0 Å². The van der Waals surface area contributed by atoms with Gasteiger partial charge in [0, 0.05) is 0 Å². The Labute approximate surface area is 108 Å². The second-order valence-electron chi connectivity index (χ2n) is 4.79. The molecule has 0 aromatic heterocycles. The fourth-order valence-electron chi connectivity index (χ4n) is 2.50. The number of para-hydroxylation sites is 1. The minimum absolute atomic E-state index is 0.122. The second-order valence-corrected chi connectivity index (χ2v) is 4.79. The van der Waals surface area contributed by atoms with E-state index < -0.39 is 29.1 Å². The van der Waals surface area contributed by atoms with Gasteiger partial charge in [0.05, 0.1) is 5.69 Å². The molecule has 1 aromatic rings. The Balaban J connectivity index is 2.06. The lowest BCUT2D eigenvalue weighted by molar-refractivity contribution is -0.148. The minimum Gasteiger partial charge on any atom is -0.276 e. The van der Waals surface area contributed by atoms with E-state index in [1.807, 2.05) is 0 Å². The van der Waals surface area contributed by atoms with Crippen molar-refractivity contribution in [2.75, 3.05) is 4.90 Å². The number of hydrogen-bond acceptors (Lipinski definition) is 3. The van der Waals surface area contributed by atoms with Crippen molar-refractivity contribution in [1.82, 2.24) is 5.32 Å². The van der Waals surface area contributed by atoms with Crippen LogP contribution in [0.5, 0.6) is 0 Å². The number of halogens is 1. The van der Waals surface area contributed by atoms with Crippen molar-refractivity contribution in [3.8, 4) is 0 Å². The maximum Gasteiger partial charge on any atom is 0.335 e. The Morgan fingerprint density at radius 1 is 1.16 bits per heavy atom. The first-order chi connectivity index (χ1) is 9.06. The smallest absolute Gasteiger partial charge is 0.276 e. The summed E-state index contributed by atoms with van der Waals surface area (Å²) in [6, 6.07) is 4.62. The molecule has 1 aliphatic carbocycles. The Bertz CT molecular complexity index is 595. The van der Waals surface area contributed by atoms with Crippen LogP contribution in [0.1, 0.15) is 19.3 Å². The summed E-state index contributed by atoms with van der Waals surface area (Å²) in [5.74, 6) is -1.87. The molecule has 0 radical (unpaired) electrons. The van der Waals surface area contributed by atoms with Crippen LogP contribution in [-0.2, 0) is 9.59 Å². The molecule has 1 spiro atoms. The zero-order valence-corrected chi connectivity index (χ0v) is 9.98. The van der Waals surface area contributed by atoms with Gasteiger partial charge in [-0.05, 0) is 25.0 Å². The summed E-state index contributed by atoms with van der Waals surface area (Å²) in [4.78, 5) is 36.7. The molecule has 4 amide bonds. The first-order valence-corrected chi connectivity index (χ1v) is 6.01. The quantitative estimate of drug-likeness (QED) is 0.781. The fraction of sp³-hybridized carbons (Fsp3) is 0.308. The number of imide groups is 2. The van der Waals surface area contributed by atoms with E-state index in [1.165, 1.54) is 24.3 Å². The van der Waals surface area contributed by atoms with Crippen molar-refractivity contribution < 1.29 is 18.8 Å². The van der Waals surface area contributed by atoms with Gasteiger partial charge in [-0.2, -0.15) is 0 Å². The first kappa shape index (κ1) is 11.8. The Kier molecular flexibility index (Phi) is 2.41. The summed E-state index contributed by atoms with van der Waals surface area (Å²) in [6.45, 7) is 0. The van der Waals surface area contributed by atoms with Crippen LogP contribution in [0, 0.1) is 11.2 Å². The maximum absolute atomic E-state index is 13.7. The molecule has 1 N–H and O–H groups in total. The highest BCUT2D eigenvalue weighted by Gasteiger charge is 2.57. The molecule has 6 heteroatoms. The van der Waals surface area contributed by atoms with Gasteiger partial charge in [0.15, 0.2) is 0 Å². The molecule has 0 atom stereocenters. The van der Waals surface area contributed by atoms with Crippen LogP contribution in [0.25, 0.3) is 0 Å². The maximum atomic E-state index is 13.7. The number of benzene rings is 1. The molecule has 19 heavy (non-hydrogen) atoms. The van der Waals surface area contributed by atoms with E-state index in [-0.39, 0.29) is 5.69 Å². The molecule has 0 unspecified atom stereocenters. The van der Waals surface area contributed by atoms with Gasteiger partial charge in [-0.1, -0.05) is 18.6 Å². The van der Waals surface area contributed by atoms with E-state index in [4.69, 9.17) is 0 Å². The van der Waals surface area contributed by atoms with Crippen LogP contribution in [0.15, 0.2) is 24.3 Å². The number of rotatable bonds is 1. The van der Waals surface area contributed by atoms with E-state index >= 15 is 0 Å². The summed E-state index contributed by atoms with van der Waals surface area (Å²) in [6.07, 6.45) is 1.55. The van der Waals surface area contributed by atoms with E-state index in [2.05, 4.69) is 5.32 Å². The highest BCUT2D eigenvalue weighted by atomic mass is 19.1. The molecule has 1 aromatic carbocycles. The van der Waals surface area contributed by atoms with E-state index in [0.717, 1.165) is 11.3 Å². The number of hydrogen-bond donors (Lipinski definition) is 1. The molecule has 2 aliphatic rings. The highest BCUT2D eigenvalue weighted by Crippen LogP contribution is 2.45. The molecule has 1 aliphatic heterocycles. The summed E-state index contributed by atoms with van der Waals surface area (Å²) in [7, 11) is 0. The Hall–Kier alpha value is -2.24. The minimum atomic E-state index is -1.18. The zero-order valence-electron chi connectivity index (χ0n) is 9.98. The molecular weight excluding hydrogens is 251 g/mol. The van der Waals surface area contributed by atoms with E-state index in [1.54, 1.807) is 0 Å². The summed E-state index contributed by atoms with van der Waals surface area (Å²) in [5, 5.41) is 2.14. The number of nitrogens with one attached hydrogen (secondary N) is 1. The SMILES string of the molecule is O=C1NC(=O)C2(CCC2)C(=O)N1c1ccccc1F. The van der Waals surface area contributed by atoms with Crippen LogP contribution >= 0.6 is 0 Å². The van der Waals surface area contributed by atoms with Gasteiger partial charge in [0.25, 0.3) is 5.91 Å². The molecule has 98 valence electrons. The van der Waals surface area contributed by atoms with Crippen molar-refractivity contribution >= 4 is 23.5 Å². The molecule has 1 saturated heterocycles. The van der Waals surface area contributed by atoms with Crippen molar-refractivity contribution in [1.29, 1.82) is 0 Å². The lowest BCUT2D eigenvalue weighted by atomic mass is 9.66. The van der Waals surface area contributed by atoms with Gasteiger partial charge in [0.2, 0.25) is 5.91 Å². The third-order valence-corrected chi connectivity index (χ3v) is 3.77. The third kappa shape index (κ3) is 1.49. The van der Waals surface area contributed by atoms with E-state index in [9.17, 15) is 18.8 Å². The average Bonchev–Trinajstić information content (AvgIpc) is 2.29. The second kappa shape index (κ2) is 3.88. The highest BCUT2D eigenvalue weighted by molar-refractivity contribution is 6.30. The standard InChI is InChI=1S/C13H11FN2O3/c14-8-4-1-2-5-9(8)16-11(18)13(6-3-7-13)10(17)15-12(16)19/h1-2,4-5H,3,6-7H2,(H,15,17,19). The van der Waals surface area contributed by atoms with Gasteiger partial charge in [-0.25, -0.2) is 14.1 Å². The molecular formula is C13H11FN2O3. The summed E-state index contributed by atoms with van der Waals surface area (Å²) in [5.41, 5.74) is -1.31.